The Balaban J connectivity index is 1.85. The summed E-state index contributed by atoms with van der Waals surface area (Å²) in [4.78, 5) is 4.12. The van der Waals surface area contributed by atoms with Gasteiger partial charge in [-0.2, -0.15) is 4.98 Å². The fraction of sp³-hybridized carbons (Fsp3) is 0.429. The van der Waals surface area contributed by atoms with Gasteiger partial charge < -0.3 is 10.3 Å². The van der Waals surface area contributed by atoms with E-state index in [0.717, 1.165) is 31.4 Å². The summed E-state index contributed by atoms with van der Waals surface area (Å²) in [6.45, 7) is 0.532. The van der Waals surface area contributed by atoms with Crippen LogP contribution >= 0.6 is 0 Å². The van der Waals surface area contributed by atoms with Crippen LogP contribution in [0.4, 0.5) is 13.2 Å². The summed E-state index contributed by atoms with van der Waals surface area (Å²) in [6, 6.07) is 1.68. The lowest BCUT2D eigenvalue weighted by Gasteiger charge is -2.39. The molecule has 2 aromatic rings. The molecule has 1 aliphatic carbocycles. The van der Waals surface area contributed by atoms with Crippen LogP contribution in [0.2, 0.25) is 0 Å². The summed E-state index contributed by atoms with van der Waals surface area (Å²) in [6.07, 6.45) is 3.66. The Labute approximate surface area is 119 Å². The van der Waals surface area contributed by atoms with Crippen LogP contribution in [-0.4, -0.2) is 16.7 Å². The number of nitrogens with zero attached hydrogens (tertiary/aromatic N) is 2. The molecule has 1 saturated carbocycles. The average molecular weight is 297 g/mol. The zero-order chi connectivity index (χ0) is 15.0. The average Bonchev–Trinajstić information content (AvgIpc) is 2.88. The number of benzene rings is 1. The van der Waals surface area contributed by atoms with Crippen molar-refractivity contribution < 1.29 is 17.7 Å². The van der Waals surface area contributed by atoms with Crippen LogP contribution in [0.5, 0.6) is 0 Å². The van der Waals surface area contributed by atoms with Gasteiger partial charge in [0.25, 0.3) is 0 Å². The van der Waals surface area contributed by atoms with E-state index >= 15 is 0 Å². The van der Waals surface area contributed by atoms with Gasteiger partial charge in [-0.25, -0.2) is 13.2 Å². The van der Waals surface area contributed by atoms with E-state index in [0.29, 0.717) is 18.9 Å². The molecule has 0 radical (unpaired) electrons. The van der Waals surface area contributed by atoms with Gasteiger partial charge in [-0.05, 0) is 36.9 Å². The molecule has 2 N–H and O–H groups in total. The van der Waals surface area contributed by atoms with E-state index < -0.39 is 17.5 Å². The molecule has 1 aliphatic rings. The van der Waals surface area contributed by atoms with Crippen LogP contribution in [0, 0.1) is 22.9 Å². The van der Waals surface area contributed by atoms with E-state index in [2.05, 4.69) is 10.1 Å². The third-order valence-corrected chi connectivity index (χ3v) is 4.08. The van der Waals surface area contributed by atoms with Gasteiger partial charge in [-0.1, -0.05) is 11.6 Å². The minimum absolute atomic E-state index is 0.0108. The molecule has 0 saturated heterocycles. The van der Waals surface area contributed by atoms with E-state index in [1.165, 1.54) is 0 Å². The molecule has 4 nitrogen and oxygen atoms in total. The van der Waals surface area contributed by atoms with Crippen LogP contribution in [0.15, 0.2) is 16.7 Å². The van der Waals surface area contributed by atoms with Gasteiger partial charge in [-0.3, -0.25) is 0 Å². The number of nitrogens with two attached hydrogens (primary N) is 1. The van der Waals surface area contributed by atoms with Crippen molar-refractivity contribution in [2.24, 2.45) is 11.1 Å². The normalized spacial score (nSPS) is 16.8. The number of rotatable bonds is 4. The molecule has 0 atom stereocenters. The molecule has 0 aliphatic heterocycles. The number of aromatic nitrogens is 2. The lowest BCUT2D eigenvalue weighted by molar-refractivity contribution is 0.129. The van der Waals surface area contributed by atoms with E-state index in [1.54, 1.807) is 0 Å². The van der Waals surface area contributed by atoms with Crippen molar-refractivity contribution in [3.05, 3.63) is 35.5 Å². The predicted molar refractivity (Wildman–Crippen MR) is 68.7 cm³/mol. The molecule has 1 aromatic heterocycles. The standard InChI is InChI=1S/C14H14F3N3O/c15-9-4-8(5-10(16)12(9)17)13-19-11(21-20-13)6-14(7-18)2-1-3-14/h4-5H,1-3,6-7,18H2. The maximum atomic E-state index is 13.2. The zero-order valence-corrected chi connectivity index (χ0v) is 11.2. The van der Waals surface area contributed by atoms with Gasteiger partial charge in [-0.15, -0.1) is 0 Å². The Morgan fingerprint density at radius 3 is 2.38 bits per heavy atom. The Kier molecular flexibility index (Phi) is 3.44. The second-order valence-electron chi connectivity index (χ2n) is 5.50. The Morgan fingerprint density at radius 1 is 1.19 bits per heavy atom. The van der Waals surface area contributed by atoms with E-state index in [1.807, 2.05) is 0 Å². The summed E-state index contributed by atoms with van der Waals surface area (Å²) < 4.78 is 44.4. The van der Waals surface area contributed by atoms with E-state index in [9.17, 15) is 13.2 Å². The van der Waals surface area contributed by atoms with Gasteiger partial charge in [0.15, 0.2) is 17.5 Å². The van der Waals surface area contributed by atoms with Crippen LogP contribution in [0.25, 0.3) is 11.4 Å². The van der Waals surface area contributed by atoms with Crippen molar-refractivity contribution in [2.75, 3.05) is 6.54 Å². The van der Waals surface area contributed by atoms with Crippen molar-refractivity contribution in [3.8, 4) is 11.4 Å². The fourth-order valence-corrected chi connectivity index (χ4v) is 2.58. The highest BCUT2D eigenvalue weighted by Gasteiger charge is 2.37. The topological polar surface area (TPSA) is 64.9 Å². The first-order valence-corrected chi connectivity index (χ1v) is 6.71. The van der Waals surface area contributed by atoms with Crippen LogP contribution in [0.3, 0.4) is 0 Å². The van der Waals surface area contributed by atoms with Gasteiger partial charge in [0, 0.05) is 12.0 Å². The minimum Gasteiger partial charge on any atom is -0.339 e. The van der Waals surface area contributed by atoms with E-state index in [4.69, 9.17) is 10.3 Å². The molecular formula is C14H14F3N3O. The minimum atomic E-state index is -1.51. The SMILES string of the molecule is NCC1(Cc2nc(-c3cc(F)c(F)c(F)c3)no2)CCC1. The predicted octanol–water partition coefficient (Wildman–Crippen LogP) is 2.83. The van der Waals surface area contributed by atoms with Crippen molar-refractivity contribution in [1.29, 1.82) is 0 Å². The Bertz CT molecular complexity index is 639. The summed E-state index contributed by atoms with van der Waals surface area (Å²) in [5, 5.41) is 3.69. The first-order valence-electron chi connectivity index (χ1n) is 6.71. The highest BCUT2D eigenvalue weighted by Crippen LogP contribution is 2.42. The third kappa shape index (κ3) is 2.53. The van der Waals surface area contributed by atoms with E-state index in [-0.39, 0.29) is 16.8 Å². The maximum Gasteiger partial charge on any atom is 0.227 e. The quantitative estimate of drug-likeness (QED) is 0.881. The highest BCUT2D eigenvalue weighted by atomic mass is 19.2. The lowest BCUT2D eigenvalue weighted by atomic mass is 9.67. The molecule has 0 spiro atoms. The number of halogens is 3. The second-order valence-corrected chi connectivity index (χ2v) is 5.50. The molecule has 1 heterocycles. The number of hydrogen-bond donors (Lipinski definition) is 1. The smallest absolute Gasteiger partial charge is 0.227 e. The molecule has 7 heteroatoms. The first-order chi connectivity index (χ1) is 10.0. The fourth-order valence-electron chi connectivity index (χ4n) is 2.58. The summed E-state index contributed by atoms with van der Waals surface area (Å²) in [5.41, 5.74) is 5.79. The molecule has 0 bridgehead atoms. The molecule has 0 unspecified atom stereocenters. The third-order valence-electron chi connectivity index (χ3n) is 4.08. The number of hydrogen-bond acceptors (Lipinski definition) is 4. The van der Waals surface area contributed by atoms with Gasteiger partial charge >= 0.3 is 0 Å². The van der Waals surface area contributed by atoms with Gasteiger partial charge in [0.1, 0.15) is 0 Å². The monoisotopic (exact) mass is 297 g/mol. The summed E-state index contributed by atoms with van der Waals surface area (Å²) in [5.74, 6) is -3.67. The lowest BCUT2D eigenvalue weighted by Crippen LogP contribution is -2.39. The van der Waals surface area contributed by atoms with Crippen molar-refractivity contribution in [2.45, 2.75) is 25.7 Å². The van der Waals surface area contributed by atoms with Crippen LogP contribution in [-0.2, 0) is 6.42 Å². The molecule has 21 heavy (non-hydrogen) atoms. The second kappa shape index (κ2) is 5.14. The summed E-state index contributed by atoms with van der Waals surface area (Å²) >= 11 is 0. The molecule has 1 fully saturated rings. The van der Waals surface area contributed by atoms with Crippen LogP contribution < -0.4 is 5.73 Å². The zero-order valence-electron chi connectivity index (χ0n) is 11.2. The highest BCUT2D eigenvalue weighted by molar-refractivity contribution is 5.54. The van der Waals surface area contributed by atoms with Gasteiger partial charge in [0.05, 0.1) is 0 Å². The Hall–Kier alpha value is -1.89. The molecule has 3 rings (SSSR count). The molecule has 0 amide bonds. The molecule has 112 valence electrons. The summed E-state index contributed by atoms with van der Waals surface area (Å²) in [7, 11) is 0. The van der Waals surface area contributed by atoms with Crippen molar-refractivity contribution >= 4 is 0 Å². The van der Waals surface area contributed by atoms with Gasteiger partial charge in [0.2, 0.25) is 11.7 Å². The van der Waals surface area contributed by atoms with Crippen LogP contribution in [0.1, 0.15) is 25.2 Å². The van der Waals surface area contributed by atoms with Crippen molar-refractivity contribution in [3.63, 3.8) is 0 Å². The van der Waals surface area contributed by atoms with Crippen molar-refractivity contribution in [1.82, 2.24) is 10.1 Å². The first kappa shape index (κ1) is 14.1. The molecule has 1 aromatic carbocycles. The molecular weight excluding hydrogens is 283 g/mol. The maximum absolute atomic E-state index is 13.2. The largest absolute Gasteiger partial charge is 0.339 e. The Morgan fingerprint density at radius 2 is 1.86 bits per heavy atom.